The monoisotopic (exact) mass is 315 g/mol. The molecular weight excluding hydrogens is 290 g/mol. The van der Waals surface area contributed by atoms with Gasteiger partial charge in [0.1, 0.15) is 5.82 Å². The number of aromatic nitrogens is 3. The van der Waals surface area contributed by atoms with E-state index in [2.05, 4.69) is 36.1 Å². The Bertz CT molecular complexity index is 626. The van der Waals surface area contributed by atoms with Gasteiger partial charge in [-0.15, -0.1) is 0 Å². The highest BCUT2D eigenvalue weighted by molar-refractivity contribution is 5.94. The Morgan fingerprint density at radius 3 is 2.57 bits per heavy atom. The molecule has 23 heavy (non-hydrogen) atoms. The summed E-state index contributed by atoms with van der Waals surface area (Å²) in [5.74, 6) is 0.718. The second-order valence-corrected chi connectivity index (χ2v) is 6.95. The molecule has 0 aliphatic carbocycles. The van der Waals surface area contributed by atoms with Crippen LogP contribution in [-0.4, -0.2) is 40.6 Å². The Morgan fingerprint density at radius 1 is 1.35 bits per heavy atom. The molecule has 1 atom stereocenters. The molecule has 124 valence electrons. The SMILES string of the molecule is CN(C)c1ccc(C(=O)N[C@@H](Cn2ccnc2)C(C)(C)C)cn1. The molecule has 0 spiro atoms. The second-order valence-electron chi connectivity index (χ2n) is 6.95. The quantitative estimate of drug-likeness (QED) is 0.918. The molecule has 2 rings (SSSR count). The van der Waals surface area contributed by atoms with Crippen LogP contribution < -0.4 is 10.2 Å². The minimum absolute atomic E-state index is 0.0160. The van der Waals surface area contributed by atoms with Crippen molar-refractivity contribution in [3.05, 3.63) is 42.6 Å². The molecule has 6 nitrogen and oxygen atoms in total. The lowest BCUT2D eigenvalue weighted by Crippen LogP contribution is -2.46. The van der Waals surface area contributed by atoms with E-state index in [1.54, 1.807) is 24.8 Å². The van der Waals surface area contributed by atoms with Gasteiger partial charge in [0.2, 0.25) is 0 Å². The molecule has 0 aliphatic heterocycles. The minimum Gasteiger partial charge on any atom is -0.363 e. The van der Waals surface area contributed by atoms with E-state index in [-0.39, 0.29) is 17.4 Å². The Labute approximate surface area is 137 Å². The number of hydrogen-bond donors (Lipinski definition) is 1. The topological polar surface area (TPSA) is 63.1 Å². The van der Waals surface area contributed by atoms with Crippen LogP contribution in [0.4, 0.5) is 5.82 Å². The first kappa shape index (κ1) is 17.0. The number of nitrogens with one attached hydrogen (secondary N) is 1. The maximum absolute atomic E-state index is 12.5. The van der Waals surface area contributed by atoms with E-state index < -0.39 is 0 Å². The highest BCUT2D eigenvalue weighted by Crippen LogP contribution is 2.21. The number of rotatable bonds is 5. The van der Waals surface area contributed by atoms with Crippen molar-refractivity contribution in [1.82, 2.24) is 19.9 Å². The molecule has 2 aromatic heterocycles. The molecule has 0 bridgehead atoms. The Kier molecular flexibility index (Phi) is 5.03. The normalized spacial score (nSPS) is 12.7. The summed E-state index contributed by atoms with van der Waals surface area (Å²) in [6.45, 7) is 7.02. The molecule has 0 unspecified atom stereocenters. The largest absolute Gasteiger partial charge is 0.363 e. The number of hydrogen-bond acceptors (Lipinski definition) is 4. The zero-order valence-electron chi connectivity index (χ0n) is 14.4. The molecule has 0 saturated heterocycles. The number of imidazole rings is 1. The standard InChI is InChI=1S/C17H25N5O/c1-17(2,3)14(11-22-9-8-18-12-22)20-16(23)13-6-7-15(19-10-13)21(4)5/h6-10,12,14H,11H2,1-5H3,(H,20,23)/t14-/m0/s1. The summed E-state index contributed by atoms with van der Waals surface area (Å²) in [7, 11) is 3.84. The number of carbonyl (C=O) groups is 1. The lowest BCUT2D eigenvalue weighted by molar-refractivity contribution is 0.0892. The summed E-state index contributed by atoms with van der Waals surface area (Å²) < 4.78 is 1.98. The lowest BCUT2D eigenvalue weighted by atomic mass is 9.86. The number of anilines is 1. The van der Waals surface area contributed by atoms with Gasteiger partial charge in [-0.25, -0.2) is 9.97 Å². The maximum Gasteiger partial charge on any atom is 0.253 e. The van der Waals surface area contributed by atoms with Crippen LogP contribution in [0.2, 0.25) is 0 Å². The first-order valence-electron chi connectivity index (χ1n) is 7.67. The van der Waals surface area contributed by atoms with Gasteiger partial charge in [-0.3, -0.25) is 4.79 Å². The second kappa shape index (κ2) is 6.81. The maximum atomic E-state index is 12.5. The summed E-state index contributed by atoms with van der Waals surface area (Å²) in [4.78, 5) is 22.8. The fraction of sp³-hybridized carbons (Fsp3) is 0.471. The van der Waals surface area contributed by atoms with E-state index in [0.29, 0.717) is 12.1 Å². The van der Waals surface area contributed by atoms with Crippen LogP contribution in [0, 0.1) is 5.41 Å². The van der Waals surface area contributed by atoms with Crippen LogP contribution in [0.3, 0.4) is 0 Å². The summed E-state index contributed by atoms with van der Waals surface area (Å²) in [5.41, 5.74) is 0.493. The molecule has 0 aromatic carbocycles. The van der Waals surface area contributed by atoms with Crippen molar-refractivity contribution in [3.63, 3.8) is 0 Å². The fourth-order valence-corrected chi connectivity index (χ4v) is 2.17. The van der Waals surface area contributed by atoms with Crippen molar-refractivity contribution < 1.29 is 4.79 Å². The Balaban J connectivity index is 2.10. The van der Waals surface area contributed by atoms with Crippen molar-refractivity contribution in [2.24, 2.45) is 5.41 Å². The third kappa shape index (κ3) is 4.55. The predicted octanol–water partition coefficient (Wildman–Crippen LogP) is 2.19. The zero-order chi connectivity index (χ0) is 17.0. The smallest absolute Gasteiger partial charge is 0.253 e. The molecular formula is C17H25N5O. The van der Waals surface area contributed by atoms with Crippen LogP contribution in [0.15, 0.2) is 37.1 Å². The first-order chi connectivity index (χ1) is 10.8. The third-order valence-corrected chi connectivity index (χ3v) is 3.77. The predicted molar refractivity (Wildman–Crippen MR) is 91.5 cm³/mol. The molecule has 0 aliphatic rings. The molecule has 2 aromatic rings. The number of pyridine rings is 1. The van der Waals surface area contributed by atoms with Gasteiger partial charge in [-0.2, -0.15) is 0 Å². The molecule has 0 saturated carbocycles. The summed E-state index contributed by atoms with van der Waals surface area (Å²) in [6, 6.07) is 3.63. The van der Waals surface area contributed by atoms with E-state index in [9.17, 15) is 4.79 Å². The third-order valence-electron chi connectivity index (χ3n) is 3.77. The van der Waals surface area contributed by atoms with Crippen molar-refractivity contribution in [1.29, 1.82) is 0 Å². The van der Waals surface area contributed by atoms with Crippen LogP contribution >= 0.6 is 0 Å². The summed E-state index contributed by atoms with van der Waals surface area (Å²) in [6.07, 6.45) is 7.02. The van der Waals surface area contributed by atoms with Gasteiger partial charge >= 0.3 is 0 Å². The fourth-order valence-electron chi connectivity index (χ4n) is 2.17. The number of amides is 1. The van der Waals surface area contributed by atoms with Crippen LogP contribution in [0.25, 0.3) is 0 Å². The molecule has 6 heteroatoms. The molecule has 2 heterocycles. The molecule has 0 fully saturated rings. The van der Waals surface area contributed by atoms with Gasteiger partial charge in [-0.1, -0.05) is 20.8 Å². The van der Waals surface area contributed by atoms with E-state index in [1.807, 2.05) is 35.8 Å². The van der Waals surface area contributed by atoms with Gasteiger partial charge in [-0.05, 0) is 17.5 Å². The Hall–Kier alpha value is -2.37. The van der Waals surface area contributed by atoms with Crippen LogP contribution in [-0.2, 0) is 6.54 Å². The molecule has 1 amide bonds. The van der Waals surface area contributed by atoms with Gasteiger partial charge in [0.25, 0.3) is 5.91 Å². The van der Waals surface area contributed by atoms with Gasteiger partial charge < -0.3 is 14.8 Å². The van der Waals surface area contributed by atoms with Crippen molar-refractivity contribution >= 4 is 11.7 Å². The van der Waals surface area contributed by atoms with E-state index in [1.165, 1.54) is 0 Å². The van der Waals surface area contributed by atoms with Gasteiger partial charge in [0.15, 0.2) is 0 Å². The Morgan fingerprint density at radius 2 is 2.09 bits per heavy atom. The lowest BCUT2D eigenvalue weighted by Gasteiger charge is -2.31. The zero-order valence-corrected chi connectivity index (χ0v) is 14.4. The minimum atomic E-state index is -0.108. The number of nitrogens with zero attached hydrogens (tertiary/aromatic N) is 4. The summed E-state index contributed by atoms with van der Waals surface area (Å²) in [5, 5.41) is 3.12. The van der Waals surface area contributed by atoms with Gasteiger partial charge in [0.05, 0.1) is 17.9 Å². The number of carbonyl (C=O) groups excluding carboxylic acids is 1. The van der Waals surface area contributed by atoms with E-state index >= 15 is 0 Å². The first-order valence-corrected chi connectivity index (χ1v) is 7.67. The van der Waals surface area contributed by atoms with Crippen molar-refractivity contribution in [2.75, 3.05) is 19.0 Å². The van der Waals surface area contributed by atoms with Crippen molar-refractivity contribution in [2.45, 2.75) is 33.4 Å². The highest BCUT2D eigenvalue weighted by Gasteiger charge is 2.27. The summed E-state index contributed by atoms with van der Waals surface area (Å²) >= 11 is 0. The van der Waals surface area contributed by atoms with E-state index in [0.717, 1.165) is 5.82 Å². The van der Waals surface area contributed by atoms with Crippen molar-refractivity contribution in [3.8, 4) is 0 Å². The van der Waals surface area contributed by atoms with Crippen LogP contribution in [0.1, 0.15) is 31.1 Å². The van der Waals surface area contributed by atoms with Crippen LogP contribution in [0.5, 0.6) is 0 Å². The van der Waals surface area contributed by atoms with Gasteiger partial charge in [0, 0.05) is 39.2 Å². The average molecular weight is 315 g/mol. The van der Waals surface area contributed by atoms with E-state index in [4.69, 9.17) is 0 Å². The average Bonchev–Trinajstić information content (AvgIpc) is 2.98. The molecule has 1 N–H and O–H groups in total. The molecule has 0 radical (unpaired) electrons. The highest BCUT2D eigenvalue weighted by atomic mass is 16.1.